The van der Waals surface area contributed by atoms with Gasteiger partial charge in [-0.15, -0.1) is 0 Å². The van der Waals surface area contributed by atoms with Gasteiger partial charge in [-0.1, -0.05) is 64.0 Å². The van der Waals surface area contributed by atoms with Crippen LogP contribution in [-0.4, -0.2) is 23.6 Å². The molecular formula is C17H18BrNO2S. The summed E-state index contributed by atoms with van der Waals surface area (Å²) < 4.78 is 27.5. The molecule has 1 aliphatic rings. The molecule has 2 aromatic rings. The molecular weight excluding hydrogens is 362 g/mol. The van der Waals surface area contributed by atoms with E-state index in [1.807, 2.05) is 56.3 Å². The first kappa shape index (κ1) is 15.7. The molecule has 1 aliphatic heterocycles. The van der Waals surface area contributed by atoms with Crippen LogP contribution in [0.1, 0.15) is 24.1 Å². The molecule has 1 heterocycles. The third-order valence-corrected chi connectivity index (χ3v) is 7.42. The molecule has 0 spiro atoms. The predicted molar refractivity (Wildman–Crippen MR) is 91.6 cm³/mol. The minimum atomic E-state index is -3.50. The third-order valence-electron chi connectivity index (χ3n) is 4.18. The predicted octanol–water partition coefficient (Wildman–Crippen LogP) is 3.89. The standard InChI is InChI=1S/C17H18BrNO2S/c1-12-8-10-15(11-9-12)22(20,21)19-13(2)16(18)17(19)14-6-4-3-5-7-14/h3-11,13,16-17H,1-2H3/t13-,16+,17+/m1/s1. The van der Waals surface area contributed by atoms with E-state index in [2.05, 4.69) is 15.9 Å². The van der Waals surface area contributed by atoms with Gasteiger partial charge in [0, 0.05) is 6.04 Å². The van der Waals surface area contributed by atoms with Crippen molar-refractivity contribution in [1.29, 1.82) is 0 Å². The number of hydrogen-bond donors (Lipinski definition) is 0. The van der Waals surface area contributed by atoms with E-state index in [4.69, 9.17) is 0 Å². The largest absolute Gasteiger partial charge is 0.243 e. The summed E-state index contributed by atoms with van der Waals surface area (Å²) in [6.45, 7) is 3.88. The fourth-order valence-electron chi connectivity index (χ4n) is 2.88. The number of halogens is 1. The van der Waals surface area contributed by atoms with Crippen LogP contribution in [0.25, 0.3) is 0 Å². The zero-order valence-corrected chi connectivity index (χ0v) is 14.9. The van der Waals surface area contributed by atoms with E-state index in [1.165, 1.54) is 0 Å². The first-order valence-electron chi connectivity index (χ1n) is 7.22. The van der Waals surface area contributed by atoms with Crippen LogP contribution >= 0.6 is 15.9 Å². The summed E-state index contributed by atoms with van der Waals surface area (Å²) in [5.74, 6) is 0. The van der Waals surface area contributed by atoms with E-state index < -0.39 is 10.0 Å². The van der Waals surface area contributed by atoms with Crippen LogP contribution < -0.4 is 0 Å². The average molecular weight is 380 g/mol. The lowest BCUT2D eigenvalue weighted by Crippen LogP contribution is -2.59. The molecule has 0 aromatic heterocycles. The van der Waals surface area contributed by atoms with Gasteiger partial charge in [-0.05, 0) is 31.5 Å². The summed E-state index contributed by atoms with van der Waals surface area (Å²) in [4.78, 5) is 0.473. The molecule has 2 aromatic carbocycles. The highest BCUT2D eigenvalue weighted by atomic mass is 79.9. The quantitative estimate of drug-likeness (QED) is 0.758. The van der Waals surface area contributed by atoms with E-state index in [9.17, 15) is 8.42 Å². The van der Waals surface area contributed by atoms with Crippen LogP contribution in [0, 0.1) is 6.92 Å². The summed E-state index contributed by atoms with van der Waals surface area (Å²) in [7, 11) is -3.50. The van der Waals surface area contributed by atoms with Gasteiger partial charge in [0.25, 0.3) is 0 Å². The van der Waals surface area contributed by atoms with Crippen molar-refractivity contribution in [1.82, 2.24) is 4.31 Å². The maximum Gasteiger partial charge on any atom is 0.243 e. The minimum Gasteiger partial charge on any atom is -0.207 e. The fourth-order valence-corrected chi connectivity index (χ4v) is 5.85. The second kappa shape index (κ2) is 5.80. The van der Waals surface area contributed by atoms with Gasteiger partial charge < -0.3 is 0 Å². The molecule has 3 nitrogen and oxygen atoms in total. The lowest BCUT2D eigenvalue weighted by atomic mass is 9.91. The van der Waals surface area contributed by atoms with Gasteiger partial charge >= 0.3 is 0 Å². The van der Waals surface area contributed by atoms with Crippen LogP contribution in [0.4, 0.5) is 0 Å². The van der Waals surface area contributed by atoms with Crippen LogP contribution in [0.3, 0.4) is 0 Å². The van der Waals surface area contributed by atoms with Crippen molar-refractivity contribution in [3.05, 3.63) is 65.7 Å². The Kier molecular flexibility index (Phi) is 4.14. The lowest BCUT2D eigenvalue weighted by molar-refractivity contribution is 0.141. The Labute approximate surface area is 140 Å². The molecule has 1 fully saturated rings. The first-order valence-corrected chi connectivity index (χ1v) is 9.58. The van der Waals surface area contributed by atoms with Crippen molar-refractivity contribution in [2.45, 2.75) is 35.7 Å². The van der Waals surface area contributed by atoms with Gasteiger partial charge in [0.2, 0.25) is 10.0 Å². The van der Waals surface area contributed by atoms with Crippen molar-refractivity contribution < 1.29 is 8.42 Å². The normalized spacial score (nSPS) is 25.7. The topological polar surface area (TPSA) is 37.4 Å². The molecule has 0 aliphatic carbocycles. The molecule has 0 unspecified atom stereocenters. The average Bonchev–Trinajstić information content (AvgIpc) is 2.52. The molecule has 0 saturated carbocycles. The van der Waals surface area contributed by atoms with Gasteiger partial charge in [0.15, 0.2) is 0 Å². The second-order valence-corrected chi connectivity index (χ2v) is 8.59. The third kappa shape index (κ3) is 2.51. The Balaban J connectivity index is 2.00. The maximum atomic E-state index is 13.0. The molecule has 0 radical (unpaired) electrons. The smallest absolute Gasteiger partial charge is 0.207 e. The van der Waals surface area contributed by atoms with E-state index in [1.54, 1.807) is 16.4 Å². The first-order chi connectivity index (χ1) is 10.4. The number of nitrogens with zero attached hydrogens (tertiary/aromatic N) is 1. The number of rotatable bonds is 3. The number of hydrogen-bond acceptors (Lipinski definition) is 2. The number of alkyl halides is 1. The van der Waals surface area contributed by atoms with Crippen molar-refractivity contribution >= 4 is 26.0 Å². The van der Waals surface area contributed by atoms with E-state index >= 15 is 0 Å². The molecule has 116 valence electrons. The Morgan fingerprint density at radius 1 is 1.00 bits per heavy atom. The van der Waals surface area contributed by atoms with Crippen LogP contribution in [0.15, 0.2) is 59.5 Å². The number of aryl methyl sites for hydroxylation is 1. The Morgan fingerprint density at radius 2 is 1.59 bits per heavy atom. The van der Waals surface area contributed by atoms with Crippen molar-refractivity contribution in [2.75, 3.05) is 0 Å². The Hall–Kier alpha value is -1.17. The zero-order valence-electron chi connectivity index (χ0n) is 12.5. The SMILES string of the molecule is Cc1ccc(S(=O)(=O)N2[C@H](C)[C@H](Br)[C@@H]2c2ccccc2)cc1. The highest BCUT2D eigenvalue weighted by Crippen LogP contribution is 2.46. The zero-order chi connectivity index (χ0) is 15.9. The van der Waals surface area contributed by atoms with Gasteiger partial charge in [0.05, 0.1) is 15.8 Å². The number of sulfonamides is 1. The molecule has 3 atom stereocenters. The van der Waals surface area contributed by atoms with E-state index in [-0.39, 0.29) is 16.9 Å². The summed E-state index contributed by atoms with van der Waals surface area (Å²) in [6, 6.07) is 16.6. The molecule has 5 heteroatoms. The minimum absolute atomic E-state index is 0.0727. The van der Waals surface area contributed by atoms with Gasteiger partial charge in [-0.2, -0.15) is 4.31 Å². The van der Waals surface area contributed by atoms with E-state index in [0.717, 1.165) is 11.1 Å². The molecule has 0 N–H and O–H groups in total. The molecule has 0 bridgehead atoms. The van der Waals surface area contributed by atoms with Crippen molar-refractivity contribution in [3.8, 4) is 0 Å². The molecule has 0 amide bonds. The summed E-state index contributed by atoms with van der Waals surface area (Å²) in [5.41, 5.74) is 2.06. The summed E-state index contributed by atoms with van der Waals surface area (Å²) in [6.07, 6.45) is 0. The highest BCUT2D eigenvalue weighted by Gasteiger charge is 2.51. The van der Waals surface area contributed by atoms with Crippen molar-refractivity contribution in [3.63, 3.8) is 0 Å². The van der Waals surface area contributed by atoms with Crippen LogP contribution in [0.2, 0.25) is 0 Å². The van der Waals surface area contributed by atoms with Gasteiger partial charge in [0.1, 0.15) is 0 Å². The summed E-state index contributed by atoms with van der Waals surface area (Å²) in [5, 5.41) is 0. The van der Waals surface area contributed by atoms with Crippen LogP contribution in [0.5, 0.6) is 0 Å². The molecule has 1 saturated heterocycles. The number of benzene rings is 2. The van der Waals surface area contributed by atoms with Crippen LogP contribution in [-0.2, 0) is 10.0 Å². The maximum absolute atomic E-state index is 13.0. The molecule has 22 heavy (non-hydrogen) atoms. The highest BCUT2D eigenvalue weighted by molar-refractivity contribution is 9.09. The fraction of sp³-hybridized carbons (Fsp3) is 0.294. The lowest BCUT2D eigenvalue weighted by Gasteiger charge is -2.50. The van der Waals surface area contributed by atoms with Crippen molar-refractivity contribution in [2.24, 2.45) is 0 Å². The molecule has 3 rings (SSSR count). The Bertz CT molecular complexity index is 759. The van der Waals surface area contributed by atoms with E-state index in [0.29, 0.717) is 4.90 Å². The second-order valence-electron chi connectivity index (χ2n) is 5.69. The monoisotopic (exact) mass is 379 g/mol. The Morgan fingerprint density at radius 3 is 2.18 bits per heavy atom. The van der Waals surface area contributed by atoms with Gasteiger partial charge in [-0.25, -0.2) is 8.42 Å². The summed E-state index contributed by atoms with van der Waals surface area (Å²) >= 11 is 3.64. The van der Waals surface area contributed by atoms with Gasteiger partial charge in [-0.3, -0.25) is 0 Å².